The van der Waals surface area contributed by atoms with Gasteiger partial charge in [0.05, 0.1) is 0 Å². The van der Waals surface area contributed by atoms with Gasteiger partial charge in [0, 0.05) is 12.7 Å². The van der Waals surface area contributed by atoms with Crippen molar-refractivity contribution in [2.24, 2.45) is 22.7 Å². The molecule has 0 unspecified atom stereocenters. The molecule has 1 aliphatic heterocycles. The lowest BCUT2D eigenvalue weighted by Gasteiger charge is -2.58. The van der Waals surface area contributed by atoms with Crippen LogP contribution in [0.5, 0.6) is 0 Å². The third-order valence-corrected chi connectivity index (χ3v) is 7.08. The molecule has 0 aromatic carbocycles. The molecular weight excluding hydrogens is 300 g/mol. The fraction of sp³-hybridized carbons (Fsp3) is 0.762. The highest BCUT2D eigenvalue weighted by molar-refractivity contribution is 5.90. The number of hydrogen-bond acceptors (Lipinski definition) is 3. The van der Waals surface area contributed by atoms with E-state index in [2.05, 4.69) is 27.4 Å². The summed E-state index contributed by atoms with van der Waals surface area (Å²) in [5.41, 5.74) is 2.90. The lowest BCUT2D eigenvalue weighted by molar-refractivity contribution is -0.155. The summed E-state index contributed by atoms with van der Waals surface area (Å²) in [6.45, 7) is 11.8. The number of cyclic esters (lactones) is 1. The minimum Gasteiger partial charge on any atom is -0.429 e. The molecule has 4 atom stereocenters. The van der Waals surface area contributed by atoms with Crippen LogP contribution in [0, 0.1) is 22.7 Å². The van der Waals surface area contributed by atoms with Crippen LogP contribution < -0.4 is 0 Å². The first-order valence-electron chi connectivity index (χ1n) is 9.40. The largest absolute Gasteiger partial charge is 0.429 e. The van der Waals surface area contributed by atoms with Gasteiger partial charge in [-0.2, -0.15) is 0 Å². The maximum Gasteiger partial charge on any atom is 0.336 e. The van der Waals surface area contributed by atoms with Crippen molar-refractivity contribution in [3.8, 4) is 0 Å². The average Bonchev–Trinajstić information content (AvgIpc) is 2.86. The molecule has 3 aliphatic rings. The topological polar surface area (TPSA) is 35.5 Å². The first-order valence-corrected chi connectivity index (χ1v) is 9.40. The number of fused-ring (bicyclic) bond motifs is 1. The van der Waals surface area contributed by atoms with Gasteiger partial charge in [0.15, 0.2) is 0 Å². The van der Waals surface area contributed by atoms with Gasteiger partial charge >= 0.3 is 5.97 Å². The van der Waals surface area contributed by atoms with E-state index in [0.717, 1.165) is 30.8 Å². The van der Waals surface area contributed by atoms with Crippen molar-refractivity contribution in [2.75, 3.05) is 7.11 Å². The van der Waals surface area contributed by atoms with Crippen LogP contribution in [0.4, 0.5) is 0 Å². The fourth-order valence-electron chi connectivity index (χ4n) is 5.86. The lowest BCUT2D eigenvalue weighted by Crippen LogP contribution is -2.49. The highest BCUT2D eigenvalue weighted by Gasteiger charge is 2.52. The molecule has 0 N–H and O–H groups in total. The van der Waals surface area contributed by atoms with Crippen LogP contribution in [0.25, 0.3) is 0 Å². The number of esters is 1. The van der Waals surface area contributed by atoms with Gasteiger partial charge in [-0.15, -0.1) is 0 Å². The summed E-state index contributed by atoms with van der Waals surface area (Å²) in [6.07, 6.45) is 9.44. The quantitative estimate of drug-likeness (QED) is 0.535. The minimum atomic E-state index is -0.501. The molecular formula is C21H32O3. The second kappa shape index (κ2) is 6.33. The van der Waals surface area contributed by atoms with E-state index in [0.29, 0.717) is 16.7 Å². The molecule has 24 heavy (non-hydrogen) atoms. The van der Waals surface area contributed by atoms with Crippen LogP contribution in [-0.4, -0.2) is 19.4 Å². The van der Waals surface area contributed by atoms with Gasteiger partial charge in [-0.3, -0.25) is 0 Å². The molecule has 0 radical (unpaired) electrons. The zero-order chi connectivity index (χ0) is 17.5. The number of ether oxygens (including phenoxy) is 2. The highest BCUT2D eigenvalue weighted by Crippen LogP contribution is 2.61. The Bertz CT molecular complexity index is 559. The van der Waals surface area contributed by atoms with E-state index >= 15 is 0 Å². The first kappa shape index (κ1) is 17.7. The zero-order valence-electron chi connectivity index (χ0n) is 15.7. The van der Waals surface area contributed by atoms with Crippen LogP contribution in [0.1, 0.15) is 65.7 Å². The molecule has 1 heterocycles. The monoisotopic (exact) mass is 332 g/mol. The Morgan fingerprint density at radius 1 is 1.33 bits per heavy atom. The van der Waals surface area contributed by atoms with Crippen LogP contribution in [0.3, 0.4) is 0 Å². The second-order valence-corrected chi connectivity index (χ2v) is 8.89. The van der Waals surface area contributed by atoms with Crippen molar-refractivity contribution >= 4 is 5.97 Å². The third-order valence-electron chi connectivity index (χ3n) is 7.08. The Labute approximate surface area is 146 Å². The number of carbonyl (C=O) groups excluding carboxylic acids is 1. The van der Waals surface area contributed by atoms with Crippen molar-refractivity contribution in [2.45, 2.75) is 72.0 Å². The maximum atomic E-state index is 12.0. The molecule has 0 saturated heterocycles. The fourth-order valence-corrected chi connectivity index (χ4v) is 5.86. The SMILES string of the molecule is C=C1CC[C@H]2C(C)(C)CCC[C@]2(C)[C@H]1CCC1=C[C@@H](OC)OC1=O. The molecule has 134 valence electrons. The predicted molar refractivity (Wildman–Crippen MR) is 95.3 cm³/mol. The molecule has 0 spiro atoms. The highest BCUT2D eigenvalue weighted by atomic mass is 16.7. The summed E-state index contributed by atoms with van der Waals surface area (Å²) in [6, 6.07) is 0. The van der Waals surface area contributed by atoms with E-state index in [9.17, 15) is 4.79 Å². The number of carbonyl (C=O) groups is 1. The standard InChI is InChI=1S/C21H32O3/c1-14-7-10-17-20(2,3)11-6-12-21(17,4)16(14)9-8-15-13-18(23-5)24-19(15)22/h13,16-18H,1,6-12H2,2-5H3/t16-,17-,18-,21+/m0/s1. The van der Waals surface area contributed by atoms with Crippen molar-refractivity contribution < 1.29 is 14.3 Å². The zero-order valence-corrected chi connectivity index (χ0v) is 15.7. The number of rotatable bonds is 4. The van der Waals surface area contributed by atoms with E-state index in [1.165, 1.54) is 31.3 Å². The van der Waals surface area contributed by atoms with E-state index in [-0.39, 0.29) is 5.97 Å². The van der Waals surface area contributed by atoms with E-state index in [1.54, 1.807) is 7.11 Å². The molecule has 0 aromatic rings. The Morgan fingerprint density at radius 2 is 2.08 bits per heavy atom. The van der Waals surface area contributed by atoms with Crippen molar-refractivity contribution in [3.05, 3.63) is 23.8 Å². The summed E-state index contributed by atoms with van der Waals surface area (Å²) in [4.78, 5) is 12.0. The number of allylic oxidation sites excluding steroid dienone is 1. The molecule has 3 rings (SSSR count). The normalized spacial score (nSPS) is 38.5. The summed E-state index contributed by atoms with van der Waals surface area (Å²) >= 11 is 0. The van der Waals surface area contributed by atoms with Crippen LogP contribution in [0.2, 0.25) is 0 Å². The molecule has 2 aliphatic carbocycles. The second-order valence-electron chi connectivity index (χ2n) is 8.89. The van der Waals surface area contributed by atoms with Gasteiger partial charge in [0.25, 0.3) is 0 Å². The van der Waals surface area contributed by atoms with Crippen LogP contribution in [0.15, 0.2) is 23.8 Å². The molecule has 0 amide bonds. The number of methoxy groups -OCH3 is 1. The van der Waals surface area contributed by atoms with Gasteiger partial charge < -0.3 is 9.47 Å². The Hall–Kier alpha value is -1.09. The van der Waals surface area contributed by atoms with Crippen molar-refractivity contribution in [1.29, 1.82) is 0 Å². The first-order chi connectivity index (χ1) is 11.3. The summed E-state index contributed by atoms with van der Waals surface area (Å²) in [5.74, 6) is 1.05. The summed E-state index contributed by atoms with van der Waals surface area (Å²) in [5, 5.41) is 0. The van der Waals surface area contributed by atoms with Crippen molar-refractivity contribution in [3.63, 3.8) is 0 Å². The molecule has 3 heteroatoms. The van der Waals surface area contributed by atoms with E-state index in [1.807, 2.05) is 6.08 Å². The van der Waals surface area contributed by atoms with Gasteiger partial charge in [-0.25, -0.2) is 4.79 Å². The molecule has 3 nitrogen and oxygen atoms in total. The smallest absolute Gasteiger partial charge is 0.336 e. The van der Waals surface area contributed by atoms with E-state index < -0.39 is 6.29 Å². The molecule has 0 bridgehead atoms. The Morgan fingerprint density at radius 3 is 2.75 bits per heavy atom. The Kier molecular flexibility index (Phi) is 4.67. The summed E-state index contributed by atoms with van der Waals surface area (Å²) < 4.78 is 10.3. The number of hydrogen-bond donors (Lipinski definition) is 0. The summed E-state index contributed by atoms with van der Waals surface area (Å²) in [7, 11) is 1.57. The van der Waals surface area contributed by atoms with Gasteiger partial charge in [-0.05, 0) is 67.3 Å². The minimum absolute atomic E-state index is 0.214. The maximum absolute atomic E-state index is 12.0. The van der Waals surface area contributed by atoms with Crippen LogP contribution >= 0.6 is 0 Å². The third kappa shape index (κ3) is 2.96. The molecule has 2 fully saturated rings. The van der Waals surface area contributed by atoms with Gasteiger partial charge in [0.1, 0.15) is 0 Å². The van der Waals surface area contributed by atoms with Crippen LogP contribution in [-0.2, 0) is 14.3 Å². The van der Waals surface area contributed by atoms with E-state index in [4.69, 9.17) is 9.47 Å². The Balaban J connectivity index is 1.76. The molecule has 2 saturated carbocycles. The average molecular weight is 332 g/mol. The molecule has 0 aromatic heterocycles. The van der Waals surface area contributed by atoms with Crippen molar-refractivity contribution in [1.82, 2.24) is 0 Å². The lowest BCUT2D eigenvalue weighted by atomic mass is 9.47. The van der Waals surface area contributed by atoms with Gasteiger partial charge in [0.2, 0.25) is 6.29 Å². The van der Waals surface area contributed by atoms with Gasteiger partial charge in [-0.1, -0.05) is 39.3 Å². The predicted octanol–water partition coefficient (Wildman–Crippen LogP) is 5.02.